The Morgan fingerprint density at radius 3 is 2.61 bits per heavy atom. The van der Waals surface area contributed by atoms with Gasteiger partial charge in [-0.2, -0.15) is 0 Å². The van der Waals surface area contributed by atoms with Crippen LogP contribution < -0.4 is 5.73 Å². The highest BCUT2D eigenvalue weighted by molar-refractivity contribution is 5.95. The highest BCUT2D eigenvalue weighted by atomic mass is 16.2. The monoisotopic (exact) mass is 246 g/mol. The highest BCUT2D eigenvalue weighted by Gasteiger charge is 2.20. The van der Waals surface area contributed by atoms with Gasteiger partial charge in [0.2, 0.25) is 0 Å². The molecule has 0 atom stereocenters. The van der Waals surface area contributed by atoms with Gasteiger partial charge in [0.1, 0.15) is 0 Å². The summed E-state index contributed by atoms with van der Waals surface area (Å²) in [6, 6.07) is 5.55. The molecule has 2 rings (SSSR count). The summed E-state index contributed by atoms with van der Waals surface area (Å²) in [5.41, 5.74) is 8.19. The first kappa shape index (κ1) is 12.9. The predicted octanol–water partition coefficient (Wildman–Crippen LogP) is 2.84. The van der Waals surface area contributed by atoms with Gasteiger partial charge in [-0.05, 0) is 49.4 Å². The maximum atomic E-state index is 12.3. The number of nitrogen functional groups attached to an aromatic ring is 1. The number of amides is 1. The number of hydrogen-bond donors (Lipinski definition) is 1. The lowest BCUT2D eigenvalue weighted by Gasteiger charge is -2.21. The van der Waals surface area contributed by atoms with Crippen molar-refractivity contribution in [2.45, 2.75) is 32.6 Å². The Morgan fingerprint density at radius 2 is 2.00 bits per heavy atom. The first-order valence-electron chi connectivity index (χ1n) is 6.69. The molecule has 0 aliphatic heterocycles. The Morgan fingerprint density at radius 1 is 1.33 bits per heavy atom. The zero-order valence-corrected chi connectivity index (χ0v) is 11.3. The van der Waals surface area contributed by atoms with Gasteiger partial charge in [-0.25, -0.2) is 0 Å². The van der Waals surface area contributed by atoms with E-state index in [0.29, 0.717) is 17.2 Å². The van der Waals surface area contributed by atoms with E-state index in [2.05, 4.69) is 0 Å². The molecule has 98 valence electrons. The summed E-state index contributed by atoms with van der Waals surface area (Å²) in [6.45, 7) is 2.83. The van der Waals surface area contributed by atoms with Gasteiger partial charge in [0, 0.05) is 24.8 Å². The van der Waals surface area contributed by atoms with E-state index in [-0.39, 0.29) is 5.91 Å². The van der Waals surface area contributed by atoms with Crippen molar-refractivity contribution < 1.29 is 4.79 Å². The van der Waals surface area contributed by atoms with E-state index in [1.54, 1.807) is 6.07 Å². The van der Waals surface area contributed by atoms with E-state index in [1.807, 2.05) is 31.0 Å². The lowest BCUT2D eigenvalue weighted by molar-refractivity contribution is 0.0773. The second-order valence-electron chi connectivity index (χ2n) is 5.47. The number of hydrogen-bond acceptors (Lipinski definition) is 2. The lowest BCUT2D eigenvalue weighted by atomic mass is 10.1. The Labute approximate surface area is 109 Å². The van der Waals surface area contributed by atoms with Crippen LogP contribution in [0.25, 0.3) is 0 Å². The van der Waals surface area contributed by atoms with E-state index >= 15 is 0 Å². The van der Waals surface area contributed by atoms with Gasteiger partial charge < -0.3 is 10.6 Å². The van der Waals surface area contributed by atoms with Crippen molar-refractivity contribution in [2.24, 2.45) is 5.92 Å². The van der Waals surface area contributed by atoms with Crippen LogP contribution in [0.3, 0.4) is 0 Å². The van der Waals surface area contributed by atoms with Crippen LogP contribution in [0.15, 0.2) is 18.2 Å². The van der Waals surface area contributed by atoms with E-state index in [0.717, 1.165) is 12.1 Å². The number of rotatable bonds is 3. The first-order valence-corrected chi connectivity index (χ1v) is 6.69. The zero-order valence-electron chi connectivity index (χ0n) is 11.3. The Kier molecular flexibility index (Phi) is 3.90. The summed E-state index contributed by atoms with van der Waals surface area (Å²) in [6.07, 6.45) is 5.13. The molecule has 0 saturated heterocycles. The second kappa shape index (κ2) is 5.42. The molecule has 0 bridgehead atoms. The van der Waals surface area contributed by atoms with Crippen LogP contribution in [0.2, 0.25) is 0 Å². The van der Waals surface area contributed by atoms with Crippen LogP contribution in [0, 0.1) is 12.8 Å². The average molecular weight is 246 g/mol. The number of anilines is 1. The van der Waals surface area contributed by atoms with Crippen molar-refractivity contribution in [2.75, 3.05) is 19.3 Å². The lowest BCUT2D eigenvalue weighted by Crippen LogP contribution is -2.31. The third-order valence-electron chi connectivity index (χ3n) is 3.70. The number of carbonyl (C=O) groups excluding carboxylic acids is 1. The summed E-state index contributed by atoms with van der Waals surface area (Å²) < 4.78 is 0. The van der Waals surface area contributed by atoms with Crippen LogP contribution in [0.1, 0.15) is 41.6 Å². The van der Waals surface area contributed by atoms with Crippen LogP contribution in [-0.4, -0.2) is 24.4 Å². The van der Waals surface area contributed by atoms with Crippen molar-refractivity contribution in [3.8, 4) is 0 Å². The fourth-order valence-electron chi connectivity index (χ4n) is 2.82. The molecule has 3 heteroatoms. The molecule has 1 amide bonds. The molecule has 0 spiro atoms. The number of benzene rings is 1. The smallest absolute Gasteiger partial charge is 0.253 e. The molecule has 0 heterocycles. The Hall–Kier alpha value is -1.51. The number of carbonyl (C=O) groups is 1. The predicted molar refractivity (Wildman–Crippen MR) is 74.5 cm³/mol. The molecular weight excluding hydrogens is 224 g/mol. The maximum absolute atomic E-state index is 12.3. The second-order valence-corrected chi connectivity index (χ2v) is 5.47. The zero-order chi connectivity index (χ0) is 13.1. The van der Waals surface area contributed by atoms with Crippen molar-refractivity contribution >= 4 is 11.6 Å². The van der Waals surface area contributed by atoms with E-state index in [1.165, 1.54) is 25.7 Å². The Bertz CT molecular complexity index is 416. The normalized spacial score (nSPS) is 15.9. The molecule has 1 aromatic carbocycles. The quantitative estimate of drug-likeness (QED) is 0.834. The van der Waals surface area contributed by atoms with Crippen molar-refractivity contribution in [3.05, 3.63) is 29.3 Å². The van der Waals surface area contributed by atoms with Gasteiger partial charge >= 0.3 is 0 Å². The largest absolute Gasteiger partial charge is 0.399 e. The molecule has 3 nitrogen and oxygen atoms in total. The summed E-state index contributed by atoms with van der Waals surface area (Å²) in [4.78, 5) is 14.1. The number of aryl methyl sites for hydroxylation is 1. The molecule has 1 aliphatic carbocycles. The third-order valence-corrected chi connectivity index (χ3v) is 3.70. The van der Waals surface area contributed by atoms with Crippen molar-refractivity contribution in [1.29, 1.82) is 0 Å². The number of nitrogens with two attached hydrogens (primary N) is 1. The van der Waals surface area contributed by atoms with Gasteiger partial charge in [-0.1, -0.05) is 12.8 Å². The first-order chi connectivity index (χ1) is 8.56. The van der Waals surface area contributed by atoms with Gasteiger partial charge in [0.05, 0.1) is 0 Å². The van der Waals surface area contributed by atoms with Gasteiger partial charge in [-0.15, -0.1) is 0 Å². The fraction of sp³-hybridized carbons (Fsp3) is 0.533. The van der Waals surface area contributed by atoms with Crippen LogP contribution in [-0.2, 0) is 0 Å². The molecule has 2 N–H and O–H groups in total. The third kappa shape index (κ3) is 3.03. The molecule has 1 saturated carbocycles. The van der Waals surface area contributed by atoms with E-state index in [4.69, 9.17) is 5.73 Å². The number of nitrogens with zero attached hydrogens (tertiary/aromatic N) is 1. The van der Waals surface area contributed by atoms with Crippen LogP contribution in [0.4, 0.5) is 5.69 Å². The molecule has 1 fully saturated rings. The minimum absolute atomic E-state index is 0.0808. The molecule has 0 aromatic heterocycles. The van der Waals surface area contributed by atoms with Gasteiger partial charge in [0.15, 0.2) is 0 Å². The average Bonchev–Trinajstić information content (AvgIpc) is 2.79. The van der Waals surface area contributed by atoms with Crippen LogP contribution in [0.5, 0.6) is 0 Å². The Balaban J connectivity index is 2.04. The van der Waals surface area contributed by atoms with Gasteiger partial charge in [-0.3, -0.25) is 4.79 Å². The standard InChI is InChI=1S/C15H22N2O/c1-11-7-13(9-14(16)8-11)15(18)17(2)10-12-5-3-4-6-12/h7-9,12H,3-6,10,16H2,1-2H3. The van der Waals surface area contributed by atoms with Gasteiger partial charge in [0.25, 0.3) is 5.91 Å². The van der Waals surface area contributed by atoms with E-state index < -0.39 is 0 Å². The van der Waals surface area contributed by atoms with Crippen molar-refractivity contribution in [1.82, 2.24) is 4.90 Å². The molecule has 0 unspecified atom stereocenters. The summed E-state index contributed by atoms with van der Waals surface area (Å²) >= 11 is 0. The van der Waals surface area contributed by atoms with Crippen LogP contribution >= 0.6 is 0 Å². The van der Waals surface area contributed by atoms with E-state index in [9.17, 15) is 4.79 Å². The summed E-state index contributed by atoms with van der Waals surface area (Å²) in [7, 11) is 1.89. The van der Waals surface area contributed by atoms with Crippen molar-refractivity contribution in [3.63, 3.8) is 0 Å². The molecular formula is C15H22N2O. The minimum atomic E-state index is 0.0808. The molecule has 1 aromatic rings. The topological polar surface area (TPSA) is 46.3 Å². The molecule has 1 aliphatic rings. The molecule has 18 heavy (non-hydrogen) atoms. The maximum Gasteiger partial charge on any atom is 0.253 e. The SMILES string of the molecule is Cc1cc(N)cc(C(=O)N(C)CC2CCCC2)c1. The highest BCUT2D eigenvalue weighted by Crippen LogP contribution is 2.25. The summed E-state index contributed by atoms with van der Waals surface area (Å²) in [5, 5.41) is 0. The molecule has 0 radical (unpaired) electrons. The minimum Gasteiger partial charge on any atom is -0.399 e. The summed E-state index contributed by atoms with van der Waals surface area (Å²) in [5.74, 6) is 0.762. The fourth-order valence-corrected chi connectivity index (χ4v) is 2.82.